The standard InChI is InChI=1S/C11H14N2OS/c1-7-4-3-5-9(6-7)11(14)13-8(2)10(12)15/h3-6,8H,1-2H3,(H2,12,15)(H,13,14). The molecule has 1 amide bonds. The number of amides is 1. The van der Waals surface area contributed by atoms with E-state index in [1.165, 1.54) is 0 Å². The van der Waals surface area contributed by atoms with Gasteiger partial charge in [0.1, 0.15) is 0 Å². The monoisotopic (exact) mass is 222 g/mol. The van der Waals surface area contributed by atoms with Crippen molar-refractivity contribution in [3.8, 4) is 0 Å². The van der Waals surface area contributed by atoms with Crippen LogP contribution >= 0.6 is 12.2 Å². The van der Waals surface area contributed by atoms with Gasteiger partial charge >= 0.3 is 0 Å². The summed E-state index contributed by atoms with van der Waals surface area (Å²) in [5.41, 5.74) is 7.08. The molecule has 1 aromatic carbocycles. The molecule has 1 aromatic rings. The number of nitrogens with two attached hydrogens (primary N) is 1. The summed E-state index contributed by atoms with van der Waals surface area (Å²) in [4.78, 5) is 12.0. The van der Waals surface area contributed by atoms with E-state index in [1.807, 2.05) is 25.1 Å². The first-order valence-corrected chi connectivity index (χ1v) is 5.08. The third-order valence-corrected chi connectivity index (χ3v) is 2.41. The van der Waals surface area contributed by atoms with Crippen molar-refractivity contribution in [2.24, 2.45) is 5.73 Å². The van der Waals surface area contributed by atoms with Crippen molar-refractivity contribution in [3.05, 3.63) is 35.4 Å². The van der Waals surface area contributed by atoms with Gasteiger partial charge in [0.05, 0.1) is 11.0 Å². The van der Waals surface area contributed by atoms with Crippen molar-refractivity contribution in [1.82, 2.24) is 5.32 Å². The first-order valence-electron chi connectivity index (χ1n) is 4.67. The van der Waals surface area contributed by atoms with Crippen molar-refractivity contribution in [2.45, 2.75) is 19.9 Å². The van der Waals surface area contributed by atoms with E-state index in [0.29, 0.717) is 5.56 Å². The molecule has 80 valence electrons. The van der Waals surface area contributed by atoms with Gasteiger partial charge in [0.15, 0.2) is 0 Å². The summed E-state index contributed by atoms with van der Waals surface area (Å²) in [5, 5.41) is 2.72. The van der Waals surface area contributed by atoms with Crippen LogP contribution in [0.5, 0.6) is 0 Å². The van der Waals surface area contributed by atoms with Crippen LogP contribution in [0.2, 0.25) is 0 Å². The first kappa shape index (κ1) is 11.7. The number of carbonyl (C=O) groups excluding carboxylic acids is 1. The van der Waals surface area contributed by atoms with E-state index < -0.39 is 0 Å². The Bertz CT molecular complexity index is 390. The van der Waals surface area contributed by atoms with Crippen LogP contribution in [0, 0.1) is 6.92 Å². The molecule has 0 aliphatic heterocycles. The zero-order valence-corrected chi connectivity index (χ0v) is 9.60. The van der Waals surface area contributed by atoms with Crippen molar-refractivity contribution in [1.29, 1.82) is 0 Å². The lowest BCUT2D eigenvalue weighted by Gasteiger charge is -2.12. The highest BCUT2D eigenvalue weighted by atomic mass is 32.1. The highest BCUT2D eigenvalue weighted by molar-refractivity contribution is 7.80. The number of aryl methyl sites for hydroxylation is 1. The predicted octanol–water partition coefficient (Wildman–Crippen LogP) is 1.40. The largest absolute Gasteiger partial charge is 0.392 e. The molecule has 0 spiro atoms. The summed E-state index contributed by atoms with van der Waals surface area (Å²) >= 11 is 4.78. The van der Waals surface area contributed by atoms with Crippen molar-refractivity contribution in [3.63, 3.8) is 0 Å². The predicted molar refractivity (Wildman–Crippen MR) is 64.9 cm³/mol. The van der Waals surface area contributed by atoms with Crippen molar-refractivity contribution >= 4 is 23.1 Å². The second-order valence-electron chi connectivity index (χ2n) is 3.47. The van der Waals surface area contributed by atoms with Crippen LogP contribution in [-0.4, -0.2) is 16.9 Å². The Morgan fingerprint density at radius 3 is 2.73 bits per heavy atom. The van der Waals surface area contributed by atoms with Crippen LogP contribution in [0.25, 0.3) is 0 Å². The van der Waals surface area contributed by atoms with E-state index in [1.54, 1.807) is 13.0 Å². The SMILES string of the molecule is Cc1cccc(C(=O)NC(C)C(N)=S)c1. The van der Waals surface area contributed by atoms with E-state index in [4.69, 9.17) is 18.0 Å². The van der Waals surface area contributed by atoms with E-state index in [0.717, 1.165) is 5.56 Å². The normalized spacial score (nSPS) is 11.9. The molecular formula is C11H14N2OS. The number of hydrogen-bond donors (Lipinski definition) is 2. The molecule has 1 atom stereocenters. The molecular weight excluding hydrogens is 208 g/mol. The minimum atomic E-state index is -0.284. The number of benzene rings is 1. The zero-order chi connectivity index (χ0) is 11.4. The van der Waals surface area contributed by atoms with Crippen molar-refractivity contribution in [2.75, 3.05) is 0 Å². The molecule has 3 N–H and O–H groups in total. The third-order valence-electron chi connectivity index (χ3n) is 2.05. The average Bonchev–Trinajstić information content (AvgIpc) is 2.17. The maximum absolute atomic E-state index is 11.7. The number of rotatable bonds is 3. The zero-order valence-electron chi connectivity index (χ0n) is 8.78. The molecule has 1 rings (SSSR count). The van der Waals surface area contributed by atoms with Gasteiger partial charge in [0.2, 0.25) is 0 Å². The Balaban J connectivity index is 2.73. The smallest absolute Gasteiger partial charge is 0.251 e. The molecule has 3 nitrogen and oxygen atoms in total. The van der Waals surface area contributed by atoms with E-state index in [2.05, 4.69) is 5.32 Å². The number of thiocarbonyl (C=S) groups is 1. The molecule has 15 heavy (non-hydrogen) atoms. The van der Waals surface area contributed by atoms with Gasteiger partial charge in [-0.25, -0.2) is 0 Å². The molecule has 4 heteroatoms. The lowest BCUT2D eigenvalue weighted by Crippen LogP contribution is -2.41. The molecule has 0 bridgehead atoms. The van der Waals surface area contributed by atoms with Crippen LogP contribution in [0.15, 0.2) is 24.3 Å². The summed E-state index contributed by atoms with van der Waals surface area (Å²) in [5.74, 6) is -0.154. The van der Waals surface area contributed by atoms with E-state index >= 15 is 0 Å². The molecule has 0 saturated carbocycles. The maximum Gasteiger partial charge on any atom is 0.251 e. The molecule has 0 aliphatic carbocycles. The first-order chi connectivity index (χ1) is 7.00. The highest BCUT2D eigenvalue weighted by Gasteiger charge is 2.10. The van der Waals surface area contributed by atoms with Crippen LogP contribution < -0.4 is 11.1 Å². The Morgan fingerprint density at radius 1 is 1.53 bits per heavy atom. The Hall–Kier alpha value is -1.42. The average molecular weight is 222 g/mol. The summed E-state index contributed by atoms with van der Waals surface area (Å²) < 4.78 is 0. The van der Waals surface area contributed by atoms with E-state index in [-0.39, 0.29) is 16.9 Å². The second kappa shape index (κ2) is 4.89. The molecule has 0 heterocycles. The topological polar surface area (TPSA) is 55.1 Å². The lowest BCUT2D eigenvalue weighted by atomic mass is 10.1. The molecule has 0 aliphatic rings. The Labute approximate surface area is 94.7 Å². The number of carbonyl (C=O) groups is 1. The van der Waals surface area contributed by atoms with Gasteiger partial charge in [-0.1, -0.05) is 29.9 Å². The fourth-order valence-corrected chi connectivity index (χ4v) is 1.20. The summed E-state index contributed by atoms with van der Waals surface area (Å²) in [6.07, 6.45) is 0. The molecule has 0 radical (unpaired) electrons. The van der Waals surface area contributed by atoms with Gasteiger partial charge in [0, 0.05) is 5.56 Å². The summed E-state index contributed by atoms with van der Waals surface area (Å²) in [7, 11) is 0. The van der Waals surface area contributed by atoms with Crippen molar-refractivity contribution < 1.29 is 4.79 Å². The van der Waals surface area contributed by atoms with Gasteiger partial charge in [-0.05, 0) is 26.0 Å². The van der Waals surface area contributed by atoms with Crippen LogP contribution in [-0.2, 0) is 0 Å². The minimum Gasteiger partial charge on any atom is -0.392 e. The van der Waals surface area contributed by atoms with Crippen LogP contribution in [0.4, 0.5) is 0 Å². The summed E-state index contributed by atoms with van der Waals surface area (Å²) in [6, 6.07) is 7.08. The van der Waals surface area contributed by atoms with Gasteiger partial charge in [-0.3, -0.25) is 4.79 Å². The van der Waals surface area contributed by atoms with Gasteiger partial charge in [-0.2, -0.15) is 0 Å². The van der Waals surface area contributed by atoms with E-state index in [9.17, 15) is 4.79 Å². The molecule has 0 fully saturated rings. The van der Waals surface area contributed by atoms with Crippen LogP contribution in [0.1, 0.15) is 22.8 Å². The Kier molecular flexibility index (Phi) is 3.80. The second-order valence-corrected chi connectivity index (χ2v) is 3.94. The quantitative estimate of drug-likeness (QED) is 0.760. The fraction of sp³-hybridized carbons (Fsp3) is 0.273. The number of nitrogens with one attached hydrogen (secondary N) is 1. The third kappa shape index (κ3) is 3.32. The summed E-state index contributed by atoms with van der Waals surface area (Å²) in [6.45, 7) is 3.70. The molecule has 0 aromatic heterocycles. The maximum atomic E-state index is 11.7. The number of hydrogen-bond acceptors (Lipinski definition) is 2. The van der Waals surface area contributed by atoms with Gasteiger partial charge < -0.3 is 11.1 Å². The van der Waals surface area contributed by atoms with Gasteiger partial charge in [-0.15, -0.1) is 0 Å². The highest BCUT2D eigenvalue weighted by Crippen LogP contribution is 2.03. The fourth-order valence-electron chi connectivity index (χ4n) is 1.14. The lowest BCUT2D eigenvalue weighted by molar-refractivity contribution is 0.0949. The molecule has 0 saturated heterocycles. The minimum absolute atomic E-state index is 0.154. The molecule has 1 unspecified atom stereocenters. The van der Waals surface area contributed by atoms with Crippen LogP contribution in [0.3, 0.4) is 0 Å². The van der Waals surface area contributed by atoms with Gasteiger partial charge in [0.25, 0.3) is 5.91 Å². The Morgan fingerprint density at radius 2 is 2.20 bits per heavy atom.